The number of pyridine rings is 1. The van der Waals surface area contributed by atoms with E-state index >= 15 is 0 Å². The molecule has 0 fully saturated rings. The van der Waals surface area contributed by atoms with Crippen LogP contribution in [0.1, 0.15) is 16.7 Å². The molecule has 0 saturated heterocycles. The fraction of sp³-hybridized carbons (Fsp3) is 0.0952. The molecule has 3 aromatic rings. The lowest BCUT2D eigenvalue weighted by Crippen LogP contribution is -2.06. The van der Waals surface area contributed by atoms with Crippen molar-refractivity contribution in [2.24, 2.45) is 4.99 Å². The Hall–Kier alpha value is -3.78. The highest BCUT2D eigenvalue weighted by molar-refractivity contribution is 6.31. The molecule has 0 amide bonds. The van der Waals surface area contributed by atoms with Crippen LogP contribution in [0, 0.1) is 17.0 Å². The number of nitro benzene ring substituents is 1. The van der Waals surface area contributed by atoms with Crippen LogP contribution < -0.4 is 4.74 Å². The molecule has 1 aliphatic heterocycles. The first-order valence-corrected chi connectivity index (χ1v) is 9.16. The Morgan fingerprint density at radius 1 is 1.20 bits per heavy atom. The molecule has 0 aliphatic carbocycles. The normalized spacial score (nSPS) is 14.7. The lowest BCUT2D eigenvalue weighted by atomic mass is 10.1. The summed E-state index contributed by atoms with van der Waals surface area (Å²) in [5, 5.41) is 12.3. The SMILES string of the molecule is COc1ccc(C2=N/C(=C\c3cc4cc(C)ccc4nc3Cl)C(=O)O2)cc1[N+](=O)[O-]. The van der Waals surface area contributed by atoms with Crippen LogP contribution in [-0.4, -0.2) is 28.9 Å². The second-order valence-corrected chi connectivity index (χ2v) is 6.90. The molecular weight excluding hydrogens is 410 g/mol. The summed E-state index contributed by atoms with van der Waals surface area (Å²) in [7, 11) is 1.33. The number of esters is 1. The summed E-state index contributed by atoms with van der Waals surface area (Å²) >= 11 is 6.27. The van der Waals surface area contributed by atoms with Gasteiger partial charge < -0.3 is 9.47 Å². The van der Waals surface area contributed by atoms with Gasteiger partial charge in [-0.15, -0.1) is 0 Å². The van der Waals surface area contributed by atoms with Crippen molar-refractivity contribution in [2.75, 3.05) is 7.11 Å². The third-order valence-corrected chi connectivity index (χ3v) is 4.79. The van der Waals surface area contributed by atoms with Gasteiger partial charge in [-0.25, -0.2) is 14.8 Å². The first-order chi connectivity index (χ1) is 14.4. The number of methoxy groups -OCH3 is 1. The van der Waals surface area contributed by atoms with E-state index in [0.29, 0.717) is 5.56 Å². The number of ether oxygens (including phenoxy) is 2. The third-order valence-electron chi connectivity index (χ3n) is 4.49. The summed E-state index contributed by atoms with van der Waals surface area (Å²) in [4.78, 5) is 31.5. The maximum absolute atomic E-state index is 12.3. The van der Waals surface area contributed by atoms with Crippen molar-refractivity contribution in [2.45, 2.75) is 6.92 Å². The van der Waals surface area contributed by atoms with E-state index in [1.807, 2.05) is 31.2 Å². The second kappa shape index (κ2) is 7.57. The van der Waals surface area contributed by atoms with Crippen molar-refractivity contribution in [1.29, 1.82) is 0 Å². The van der Waals surface area contributed by atoms with Crippen molar-refractivity contribution in [3.63, 3.8) is 0 Å². The Morgan fingerprint density at radius 2 is 2.00 bits per heavy atom. The van der Waals surface area contributed by atoms with Gasteiger partial charge in [-0.05, 0) is 43.3 Å². The Balaban J connectivity index is 1.75. The van der Waals surface area contributed by atoms with Crippen LogP contribution in [-0.2, 0) is 9.53 Å². The number of cyclic esters (lactones) is 1. The Morgan fingerprint density at radius 3 is 2.73 bits per heavy atom. The molecule has 0 N–H and O–H groups in total. The topological polar surface area (TPSA) is 104 Å². The number of hydrogen-bond donors (Lipinski definition) is 0. The number of nitro groups is 1. The fourth-order valence-corrected chi connectivity index (χ4v) is 3.24. The summed E-state index contributed by atoms with van der Waals surface area (Å²) in [6.45, 7) is 1.96. The largest absolute Gasteiger partial charge is 0.490 e. The highest BCUT2D eigenvalue weighted by atomic mass is 35.5. The number of carbonyl (C=O) groups is 1. The molecule has 1 aliphatic rings. The number of hydrogen-bond acceptors (Lipinski definition) is 7. The molecule has 0 unspecified atom stereocenters. The number of nitrogens with zero attached hydrogens (tertiary/aromatic N) is 3. The molecule has 30 heavy (non-hydrogen) atoms. The quantitative estimate of drug-likeness (QED) is 0.202. The average molecular weight is 424 g/mol. The molecule has 4 rings (SSSR count). The first kappa shape index (κ1) is 19.5. The summed E-state index contributed by atoms with van der Waals surface area (Å²) < 4.78 is 10.2. The van der Waals surface area contributed by atoms with E-state index < -0.39 is 10.9 Å². The number of halogens is 1. The maximum Gasteiger partial charge on any atom is 0.363 e. The monoisotopic (exact) mass is 423 g/mol. The van der Waals surface area contributed by atoms with E-state index in [0.717, 1.165) is 16.5 Å². The van der Waals surface area contributed by atoms with Crippen LogP contribution in [0.3, 0.4) is 0 Å². The van der Waals surface area contributed by atoms with Gasteiger partial charge in [0.2, 0.25) is 5.90 Å². The van der Waals surface area contributed by atoms with E-state index in [-0.39, 0.29) is 33.7 Å². The average Bonchev–Trinajstić information content (AvgIpc) is 3.08. The smallest absolute Gasteiger partial charge is 0.363 e. The molecular formula is C21H14ClN3O5. The zero-order valence-electron chi connectivity index (χ0n) is 15.9. The molecule has 2 heterocycles. The zero-order chi connectivity index (χ0) is 21.4. The van der Waals surface area contributed by atoms with Crippen LogP contribution in [0.5, 0.6) is 5.75 Å². The van der Waals surface area contributed by atoms with E-state index in [1.165, 1.54) is 31.4 Å². The van der Waals surface area contributed by atoms with Gasteiger partial charge in [-0.2, -0.15) is 0 Å². The van der Waals surface area contributed by atoms with Gasteiger partial charge in [0.05, 0.1) is 17.5 Å². The molecule has 0 saturated carbocycles. The minimum atomic E-state index is -0.691. The van der Waals surface area contributed by atoms with Crippen LogP contribution in [0.15, 0.2) is 53.2 Å². The Bertz CT molecular complexity index is 1280. The minimum absolute atomic E-state index is 0.0131. The van der Waals surface area contributed by atoms with E-state index in [2.05, 4.69) is 9.98 Å². The molecule has 0 radical (unpaired) electrons. The van der Waals surface area contributed by atoms with Crippen molar-refractivity contribution in [3.05, 3.63) is 80.1 Å². The van der Waals surface area contributed by atoms with Crippen LogP contribution in [0.4, 0.5) is 5.69 Å². The number of carbonyl (C=O) groups excluding carboxylic acids is 1. The predicted molar refractivity (Wildman–Crippen MR) is 112 cm³/mol. The standard InChI is InChI=1S/C21H14ClN3O5/c1-11-3-5-15-13(7-11)8-14(19(22)23-15)9-16-21(26)30-20(24-16)12-4-6-18(29-2)17(10-12)25(27)28/h3-10H,1-2H3/b16-9-. The van der Waals surface area contributed by atoms with Crippen LogP contribution in [0.25, 0.3) is 17.0 Å². The van der Waals surface area contributed by atoms with Crippen molar-refractivity contribution < 1.29 is 19.2 Å². The molecule has 150 valence electrons. The third kappa shape index (κ3) is 3.60. The number of aryl methyl sites for hydroxylation is 1. The first-order valence-electron chi connectivity index (χ1n) is 8.78. The number of fused-ring (bicyclic) bond motifs is 1. The van der Waals surface area contributed by atoms with Crippen molar-refractivity contribution >= 4 is 46.1 Å². The molecule has 0 atom stereocenters. The molecule has 0 spiro atoms. The lowest BCUT2D eigenvalue weighted by molar-refractivity contribution is -0.385. The molecule has 2 aromatic carbocycles. The number of benzene rings is 2. The number of aromatic nitrogens is 1. The maximum atomic E-state index is 12.3. The molecule has 1 aromatic heterocycles. The highest BCUT2D eigenvalue weighted by Crippen LogP contribution is 2.30. The molecule has 8 nitrogen and oxygen atoms in total. The van der Waals surface area contributed by atoms with Gasteiger partial charge in [-0.1, -0.05) is 23.2 Å². The Kier molecular flexibility index (Phi) is 4.93. The van der Waals surface area contributed by atoms with Gasteiger partial charge in [0.1, 0.15) is 5.15 Å². The predicted octanol–water partition coefficient (Wildman–Crippen LogP) is 4.46. The lowest BCUT2D eigenvalue weighted by Gasteiger charge is -2.03. The number of rotatable bonds is 4. The molecule has 9 heteroatoms. The number of aliphatic imine (C=N–C) groups is 1. The molecule has 0 bridgehead atoms. The van der Waals surface area contributed by atoms with Gasteiger partial charge in [0.15, 0.2) is 11.4 Å². The van der Waals surface area contributed by atoms with Crippen molar-refractivity contribution in [3.8, 4) is 5.75 Å². The highest BCUT2D eigenvalue weighted by Gasteiger charge is 2.27. The van der Waals surface area contributed by atoms with Crippen LogP contribution >= 0.6 is 11.6 Å². The minimum Gasteiger partial charge on any atom is -0.490 e. The summed E-state index contributed by atoms with van der Waals surface area (Å²) in [5.74, 6) is -0.643. The van der Waals surface area contributed by atoms with Gasteiger partial charge >= 0.3 is 11.7 Å². The summed E-state index contributed by atoms with van der Waals surface area (Å²) in [5.41, 5.74) is 2.33. The van der Waals surface area contributed by atoms with Gasteiger partial charge in [0, 0.05) is 22.6 Å². The van der Waals surface area contributed by atoms with Crippen LogP contribution in [0.2, 0.25) is 5.15 Å². The van der Waals surface area contributed by atoms with E-state index in [1.54, 1.807) is 0 Å². The summed E-state index contributed by atoms with van der Waals surface area (Å²) in [6, 6.07) is 11.7. The van der Waals surface area contributed by atoms with Gasteiger partial charge in [0.25, 0.3) is 0 Å². The zero-order valence-corrected chi connectivity index (χ0v) is 16.6. The van der Waals surface area contributed by atoms with E-state index in [9.17, 15) is 14.9 Å². The van der Waals surface area contributed by atoms with Crippen molar-refractivity contribution in [1.82, 2.24) is 4.98 Å². The van der Waals surface area contributed by atoms with E-state index in [4.69, 9.17) is 21.1 Å². The summed E-state index contributed by atoms with van der Waals surface area (Å²) in [6.07, 6.45) is 1.48. The Labute approximate surface area is 175 Å². The second-order valence-electron chi connectivity index (χ2n) is 6.54. The van der Waals surface area contributed by atoms with Gasteiger partial charge in [-0.3, -0.25) is 10.1 Å². The fourth-order valence-electron chi connectivity index (χ4n) is 3.04.